The first-order valence-electron chi connectivity index (χ1n) is 7.35. The van der Waals surface area contributed by atoms with Gasteiger partial charge in [-0.2, -0.15) is 0 Å². The highest BCUT2D eigenvalue weighted by Gasteiger charge is 2.20. The van der Waals surface area contributed by atoms with E-state index in [0.717, 1.165) is 11.0 Å². The molecular weight excluding hydrogens is 306 g/mol. The van der Waals surface area contributed by atoms with Crippen molar-refractivity contribution >= 4 is 22.8 Å². The molecule has 4 aromatic rings. The molecule has 4 rings (SSSR count). The van der Waals surface area contributed by atoms with E-state index in [1.54, 1.807) is 24.3 Å². The molecule has 1 N–H and O–H groups in total. The van der Waals surface area contributed by atoms with Gasteiger partial charge in [-0.15, -0.1) is 0 Å². The summed E-state index contributed by atoms with van der Waals surface area (Å²) >= 11 is 0. The maximum Gasteiger partial charge on any atom is 0.256 e. The van der Waals surface area contributed by atoms with Crippen LogP contribution >= 0.6 is 0 Å². The van der Waals surface area contributed by atoms with E-state index in [9.17, 15) is 4.79 Å². The zero-order valence-corrected chi connectivity index (χ0v) is 12.8. The maximum atomic E-state index is 12.3. The number of fused-ring (bicyclic) bond motifs is 1. The van der Waals surface area contributed by atoms with Gasteiger partial charge in [0.15, 0.2) is 11.5 Å². The first-order valence-corrected chi connectivity index (χ1v) is 7.35. The molecule has 0 aliphatic carbocycles. The van der Waals surface area contributed by atoms with Crippen LogP contribution in [0.5, 0.6) is 0 Å². The van der Waals surface area contributed by atoms with Crippen molar-refractivity contribution < 1.29 is 9.42 Å². The smallest absolute Gasteiger partial charge is 0.256 e. The molecule has 0 atom stereocenters. The van der Waals surface area contributed by atoms with E-state index in [0.29, 0.717) is 17.1 Å². The highest BCUT2D eigenvalue weighted by molar-refractivity contribution is 6.05. The Bertz CT molecular complexity index is 1020. The van der Waals surface area contributed by atoms with Gasteiger partial charge in [0, 0.05) is 12.6 Å². The van der Waals surface area contributed by atoms with E-state index < -0.39 is 0 Å². The molecular formula is C17H13N5O2. The predicted octanol–water partition coefficient (Wildman–Crippen LogP) is 2.88. The molecule has 2 aromatic carbocycles. The lowest BCUT2D eigenvalue weighted by atomic mass is 10.2. The van der Waals surface area contributed by atoms with Gasteiger partial charge in [-0.3, -0.25) is 4.79 Å². The average Bonchev–Trinajstić information content (AvgIpc) is 3.20. The van der Waals surface area contributed by atoms with Gasteiger partial charge in [0.05, 0.1) is 11.0 Å². The summed E-state index contributed by atoms with van der Waals surface area (Å²) in [4.78, 5) is 16.8. The highest BCUT2D eigenvalue weighted by Crippen LogP contribution is 2.27. The minimum absolute atomic E-state index is 0.238. The molecule has 0 unspecified atom stereocenters. The van der Waals surface area contributed by atoms with Crippen LogP contribution in [0.25, 0.3) is 22.6 Å². The molecule has 2 aromatic heterocycles. The normalized spacial score (nSPS) is 10.9. The van der Waals surface area contributed by atoms with E-state index >= 15 is 0 Å². The van der Waals surface area contributed by atoms with Gasteiger partial charge in [-0.1, -0.05) is 30.3 Å². The summed E-state index contributed by atoms with van der Waals surface area (Å²) in [6.45, 7) is 0. The second kappa shape index (κ2) is 5.62. The van der Waals surface area contributed by atoms with Gasteiger partial charge in [0.1, 0.15) is 0 Å². The number of amides is 1. The average molecular weight is 319 g/mol. The third-order valence-electron chi connectivity index (χ3n) is 3.76. The van der Waals surface area contributed by atoms with Crippen molar-refractivity contribution in [3.05, 3.63) is 60.2 Å². The molecule has 0 saturated heterocycles. The fourth-order valence-electron chi connectivity index (χ4n) is 2.54. The number of carbonyl (C=O) groups excluding carboxylic acids is 1. The summed E-state index contributed by atoms with van der Waals surface area (Å²) in [5.41, 5.74) is 2.70. The number of nitrogens with zero attached hydrogens (tertiary/aromatic N) is 4. The van der Waals surface area contributed by atoms with Crippen LogP contribution < -0.4 is 5.32 Å². The van der Waals surface area contributed by atoms with E-state index in [1.807, 2.05) is 41.9 Å². The van der Waals surface area contributed by atoms with Gasteiger partial charge < -0.3 is 9.88 Å². The van der Waals surface area contributed by atoms with Crippen molar-refractivity contribution in [2.24, 2.45) is 7.05 Å². The Morgan fingerprint density at radius 2 is 1.79 bits per heavy atom. The van der Waals surface area contributed by atoms with E-state index in [-0.39, 0.29) is 11.7 Å². The van der Waals surface area contributed by atoms with Crippen LogP contribution in [-0.2, 0) is 7.05 Å². The highest BCUT2D eigenvalue weighted by atomic mass is 16.6. The molecule has 0 radical (unpaired) electrons. The molecule has 0 aliphatic heterocycles. The minimum atomic E-state index is -0.286. The summed E-state index contributed by atoms with van der Waals surface area (Å²) < 4.78 is 6.70. The molecule has 7 heteroatoms. The Kier molecular flexibility index (Phi) is 3.31. The van der Waals surface area contributed by atoms with Crippen molar-refractivity contribution in [3.8, 4) is 11.5 Å². The zero-order valence-electron chi connectivity index (χ0n) is 12.8. The number of anilines is 1. The Labute approximate surface area is 136 Å². The predicted molar refractivity (Wildman–Crippen MR) is 88.4 cm³/mol. The number of hydrogen-bond donors (Lipinski definition) is 1. The SMILES string of the molecule is Cn1c(-c2nonc2NC(=O)c2ccccc2)nc2ccccc21. The van der Waals surface area contributed by atoms with Crippen LogP contribution in [0.1, 0.15) is 10.4 Å². The Hall–Kier alpha value is -3.48. The first-order chi connectivity index (χ1) is 11.7. The van der Waals surface area contributed by atoms with Gasteiger partial charge in [-0.05, 0) is 34.6 Å². The van der Waals surface area contributed by atoms with Gasteiger partial charge in [0.2, 0.25) is 5.82 Å². The third kappa shape index (κ3) is 2.32. The number of carbonyl (C=O) groups is 1. The van der Waals surface area contributed by atoms with E-state index in [1.165, 1.54) is 0 Å². The summed E-state index contributed by atoms with van der Waals surface area (Å²) in [6, 6.07) is 16.6. The number of hydrogen-bond acceptors (Lipinski definition) is 5. The summed E-state index contributed by atoms with van der Waals surface area (Å²) in [5, 5.41) is 10.4. The lowest BCUT2D eigenvalue weighted by Gasteiger charge is -2.03. The van der Waals surface area contributed by atoms with Crippen molar-refractivity contribution in [2.75, 3.05) is 5.32 Å². The van der Waals surface area contributed by atoms with Crippen molar-refractivity contribution in [2.45, 2.75) is 0 Å². The van der Waals surface area contributed by atoms with Crippen molar-refractivity contribution in [3.63, 3.8) is 0 Å². The molecule has 118 valence electrons. The molecule has 24 heavy (non-hydrogen) atoms. The lowest BCUT2D eigenvalue weighted by molar-refractivity contribution is 0.102. The Balaban J connectivity index is 1.72. The minimum Gasteiger partial charge on any atom is -0.326 e. The van der Waals surface area contributed by atoms with Crippen LogP contribution in [-0.4, -0.2) is 25.8 Å². The fourth-order valence-corrected chi connectivity index (χ4v) is 2.54. The lowest BCUT2D eigenvalue weighted by Crippen LogP contribution is -2.13. The molecule has 0 aliphatic rings. The van der Waals surface area contributed by atoms with Crippen molar-refractivity contribution in [1.29, 1.82) is 0 Å². The molecule has 2 heterocycles. The van der Waals surface area contributed by atoms with Crippen molar-refractivity contribution in [1.82, 2.24) is 19.9 Å². The molecule has 0 saturated carbocycles. The van der Waals surface area contributed by atoms with E-state index in [4.69, 9.17) is 4.63 Å². The molecule has 1 amide bonds. The Morgan fingerprint density at radius 3 is 2.58 bits per heavy atom. The molecule has 7 nitrogen and oxygen atoms in total. The summed E-state index contributed by atoms with van der Waals surface area (Å²) in [5.74, 6) is 0.523. The van der Waals surface area contributed by atoms with Gasteiger partial charge >= 0.3 is 0 Å². The second-order valence-corrected chi connectivity index (χ2v) is 5.26. The molecule has 0 spiro atoms. The topological polar surface area (TPSA) is 85.8 Å². The standard InChI is InChI=1S/C17H13N5O2/c1-22-13-10-6-5-9-12(13)18-16(22)14-15(21-24-20-14)19-17(23)11-7-3-2-4-8-11/h2-10H,1H3,(H,19,21,23). The number of aryl methyl sites for hydroxylation is 1. The monoisotopic (exact) mass is 319 g/mol. The molecule has 0 fully saturated rings. The fraction of sp³-hybridized carbons (Fsp3) is 0.0588. The number of nitrogens with one attached hydrogen (secondary N) is 1. The van der Waals surface area contributed by atoms with Crippen LogP contribution in [0.4, 0.5) is 5.82 Å². The van der Waals surface area contributed by atoms with Crippen LogP contribution in [0.15, 0.2) is 59.2 Å². The maximum absolute atomic E-state index is 12.3. The van der Waals surface area contributed by atoms with Gasteiger partial charge in [-0.25, -0.2) is 9.61 Å². The largest absolute Gasteiger partial charge is 0.326 e. The summed E-state index contributed by atoms with van der Waals surface area (Å²) in [7, 11) is 1.88. The first kappa shape index (κ1) is 14.1. The second-order valence-electron chi connectivity index (χ2n) is 5.26. The summed E-state index contributed by atoms with van der Waals surface area (Å²) in [6.07, 6.45) is 0. The Morgan fingerprint density at radius 1 is 1.04 bits per heavy atom. The van der Waals surface area contributed by atoms with E-state index in [2.05, 4.69) is 20.6 Å². The van der Waals surface area contributed by atoms with Gasteiger partial charge in [0.25, 0.3) is 5.91 Å². The zero-order chi connectivity index (χ0) is 16.5. The van der Waals surface area contributed by atoms with Crippen LogP contribution in [0.3, 0.4) is 0 Å². The number of rotatable bonds is 3. The number of benzene rings is 2. The number of para-hydroxylation sites is 2. The third-order valence-corrected chi connectivity index (χ3v) is 3.76. The number of aromatic nitrogens is 4. The molecule has 0 bridgehead atoms. The van der Waals surface area contributed by atoms with Crippen LogP contribution in [0, 0.1) is 0 Å². The van der Waals surface area contributed by atoms with Crippen LogP contribution in [0.2, 0.25) is 0 Å². The quantitative estimate of drug-likeness (QED) is 0.627. The number of imidazole rings is 1.